The third-order valence-electron chi connectivity index (χ3n) is 2.92. The highest BCUT2D eigenvalue weighted by atomic mass is 35.5. The van der Waals surface area contributed by atoms with Gasteiger partial charge in [-0.15, -0.1) is 0 Å². The maximum absolute atomic E-state index is 12.0. The smallest absolute Gasteiger partial charge is 0.273 e. The van der Waals surface area contributed by atoms with Crippen LogP contribution in [0.4, 0.5) is 5.69 Å². The van der Waals surface area contributed by atoms with Crippen molar-refractivity contribution in [3.05, 3.63) is 68.7 Å². The fraction of sp³-hybridized carbons (Fsp3) is 0.133. The molecule has 0 bridgehead atoms. The van der Waals surface area contributed by atoms with Gasteiger partial charge < -0.3 is 4.74 Å². The van der Waals surface area contributed by atoms with Gasteiger partial charge in [0.1, 0.15) is 5.75 Å². The first-order valence-corrected chi connectivity index (χ1v) is 6.52. The van der Waals surface area contributed by atoms with Crippen LogP contribution < -0.4 is 4.74 Å². The molecule has 0 fully saturated rings. The molecule has 0 heterocycles. The number of ether oxygens (including phenoxy) is 1. The highest BCUT2D eigenvalue weighted by Gasteiger charge is 2.15. The molecule has 0 N–H and O–H groups in total. The molecule has 0 spiro atoms. The summed E-state index contributed by atoms with van der Waals surface area (Å²) in [5.74, 6) is 0.0483. The lowest BCUT2D eigenvalue weighted by molar-refractivity contribution is -0.385. The van der Waals surface area contributed by atoms with Gasteiger partial charge in [-0.1, -0.05) is 35.9 Å². The van der Waals surface area contributed by atoms with E-state index in [1.807, 2.05) is 0 Å². The summed E-state index contributed by atoms with van der Waals surface area (Å²) in [5, 5.41) is 11.3. The van der Waals surface area contributed by atoms with Crippen LogP contribution in [0.15, 0.2) is 42.5 Å². The second kappa shape index (κ2) is 6.37. The molecule has 0 atom stereocenters. The number of ketones is 1. The van der Waals surface area contributed by atoms with Gasteiger partial charge in [0.05, 0.1) is 9.95 Å². The zero-order chi connectivity index (χ0) is 15.4. The molecule has 0 saturated carbocycles. The Morgan fingerprint density at radius 2 is 2.00 bits per heavy atom. The molecule has 6 heteroatoms. The minimum Gasteiger partial charge on any atom is -0.484 e. The number of nitro benzene ring substituents is 1. The lowest BCUT2D eigenvalue weighted by Gasteiger charge is -2.07. The van der Waals surface area contributed by atoms with Crippen molar-refractivity contribution in [2.24, 2.45) is 0 Å². The van der Waals surface area contributed by atoms with Gasteiger partial charge in [-0.2, -0.15) is 0 Å². The molecule has 0 aliphatic heterocycles. The Hall–Kier alpha value is -2.40. The van der Waals surface area contributed by atoms with E-state index in [9.17, 15) is 14.9 Å². The number of nitro groups is 1. The Labute approximate surface area is 126 Å². The maximum Gasteiger partial charge on any atom is 0.273 e. The number of aryl methyl sites for hydroxylation is 1. The molecule has 0 saturated heterocycles. The van der Waals surface area contributed by atoms with Crippen LogP contribution in [-0.2, 0) is 0 Å². The van der Waals surface area contributed by atoms with Crippen molar-refractivity contribution in [3.8, 4) is 5.75 Å². The Kier molecular flexibility index (Phi) is 4.55. The maximum atomic E-state index is 12.0. The number of halogens is 1. The van der Waals surface area contributed by atoms with Crippen molar-refractivity contribution >= 4 is 23.1 Å². The molecule has 0 aliphatic carbocycles. The number of carbonyl (C=O) groups excluding carboxylic acids is 1. The van der Waals surface area contributed by atoms with Crippen LogP contribution in [0.25, 0.3) is 0 Å². The highest BCUT2D eigenvalue weighted by Crippen LogP contribution is 2.24. The van der Waals surface area contributed by atoms with E-state index in [1.54, 1.807) is 43.3 Å². The summed E-state index contributed by atoms with van der Waals surface area (Å²) in [6, 6.07) is 11.1. The fourth-order valence-electron chi connectivity index (χ4n) is 1.77. The van der Waals surface area contributed by atoms with Crippen molar-refractivity contribution in [1.29, 1.82) is 0 Å². The molecule has 0 aromatic heterocycles. The van der Waals surface area contributed by atoms with Gasteiger partial charge >= 0.3 is 0 Å². The Balaban J connectivity index is 2.12. The summed E-state index contributed by atoms with van der Waals surface area (Å²) in [6.07, 6.45) is 0. The van der Waals surface area contributed by atoms with Gasteiger partial charge in [-0.25, -0.2) is 0 Å². The van der Waals surface area contributed by atoms with Crippen LogP contribution in [0, 0.1) is 17.0 Å². The van der Waals surface area contributed by atoms with E-state index >= 15 is 0 Å². The SMILES string of the molecule is Cc1ccc(C(=O)COc2ccccc2Cl)cc1[N+](=O)[O-]. The van der Waals surface area contributed by atoms with Gasteiger partial charge in [0.15, 0.2) is 12.4 Å². The third-order valence-corrected chi connectivity index (χ3v) is 3.24. The number of rotatable bonds is 5. The zero-order valence-corrected chi connectivity index (χ0v) is 12.0. The summed E-state index contributed by atoms with van der Waals surface area (Å²) in [6.45, 7) is 1.39. The summed E-state index contributed by atoms with van der Waals surface area (Å²) >= 11 is 5.92. The van der Waals surface area contributed by atoms with E-state index in [0.717, 1.165) is 0 Å². The minimum atomic E-state index is -0.513. The summed E-state index contributed by atoms with van der Waals surface area (Å²) in [5.41, 5.74) is 0.654. The molecule has 108 valence electrons. The van der Waals surface area contributed by atoms with Gasteiger partial charge in [0.2, 0.25) is 0 Å². The normalized spacial score (nSPS) is 10.2. The van der Waals surface area contributed by atoms with Crippen molar-refractivity contribution in [2.45, 2.75) is 6.92 Å². The van der Waals surface area contributed by atoms with Crippen molar-refractivity contribution in [1.82, 2.24) is 0 Å². The second-order valence-corrected chi connectivity index (χ2v) is 4.81. The van der Waals surface area contributed by atoms with Crippen LogP contribution in [0.2, 0.25) is 5.02 Å². The molecule has 21 heavy (non-hydrogen) atoms. The molecular formula is C15H12ClNO4. The molecule has 2 aromatic carbocycles. The number of hydrogen-bond donors (Lipinski definition) is 0. The number of nitrogens with zero attached hydrogens (tertiary/aromatic N) is 1. The van der Waals surface area contributed by atoms with Crippen LogP contribution in [0.5, 0.6) is 5.75 Å². The summed E-state index contributed by atoms with van der Waals surface area (Å²) < 4.78 is 5.33. The quantitative estimate of drug-likeness (QED) is 0.478. The molecule has 0 aliphatic rings. The van der Waals surface area contributed by atoms with Crippen LogP contribution in [0.3, 0.4) is 0 Å². The second-order valence-electron chi connectivity index (χ2n) is 4.40. The first kappa shape index (κ1) is 15.0. The first-order valence-electron chi connectivity index (χ1n) is 6.14. The number of benzene rings is 2. The average molecular weight is 306 g/mol. The van der Waals surface area contributed by atoms with E-state index in [-0.39, 0.29) is 23.6 Å². The third kappa shape index (κ3) is 3.58. The molecule has 2 aromatic rings. The Morgan fingerprint density at radius 3 is 2.67 bits per heavy atom. The molecule has 5 nitrogen and oxygen atoms in total. The van der Waals surface area contributed by atoms with E-state index in [4.69, 9.17) is 16.3 Å². The summed E-state index contributed by atoms with van der Waals surface area (Å²) in [4.78, 5) is 22.4. The van der Waals surface area contributed by atoms with E-state index < -0.39 is 4.92 Å². The minimum absolute atomic E-state index is 0.0846. The van der Waals surface area contributed by atoms with Crippen molar-refractivity contribution < 1.29 is 14.5 Å². The molecule has 0 radical (unpaired) electrons. The lowest BCUT2D eigenvalue weighted by atomic mass is 10.1. The summed E-state index contributed by atoms with van der Waals surface area (Å²) in [7, 11) is 0. The average Bonchev–Trinajstić information content (AvgIpc) is 2.46. The van der Waals surface area contributed by atoms with Gasteiger partial charge in [0, 0.05) is 17.2 Å². The molecular weight excluding hydrogens is 294 g/mol. The van der Waals surface area contributed by atoms with Gasteiger partial charge in [-0.05, 0) is 19.1 Å². The van der Waals surface area contributed by atoms with E-state index in [1.165, 1.54) is 6.07 Å². The number of hydrogen-bond acceptors (Lipinski definition) is 4. The topological polar surface area (TPSA) is 69.4 Å². The predicted octanol–water partition coefficient (Wildman–Crippen LogP) is 3.82. The number of carbonyl (C=O) groups is 1. The zero-order valence-electron chi connectivity index (χ0n) is 11.2. The van der Waals surface area contributed by atoms with Crippen molar-refractivity contribution in [2.75, 3.05) is 6.61 Å². The highest BCUT2D eigenvalue weighted by molar-refractivity contribution is 6.32. The molecule has 0 amide bonds. The van der Waals surface area contributed by atoms with Crippen LogP contribution >= 0.6 is 11.6 Å². The Morgan fingerprint density at radius 1 is 1.29 bits per heavy atom. The fourth-order valence-corrected chi connectivity index (χ4v) is 1.96. The van der Waals surface area contributed by atoms with Gasteiger partial charge in [-0.3, -0.25) is 14.9 Å². The van der Waals surface area contributed by atoms with E-state index in [0.29, 0.717) is 16.3 Å². The number of para-hydroxylation sites is 1. The Bertz CT molecular complexity index is 700. The predicted molar refractivity (Wildman–Crippen MR) is 79.1 cm³/mol. The standard InChI is InChI=1S/C15H12ClNO4/c1-10-6-7-11(8-13(10)17(19)20)14(18)9-21-15-5-3-2-4-12(15)16/h2-8H,9H2,1H3. The monoisotopic (exact) mass is 305 g/mol. The van der Waals surface area contributed by atoms with Crippen molar-refractivity contribution in [3.63, 3.8) is 0 Å². The largest absolute Gasteiger partial charge is 0.484 e. The lowest BCUT2D eigenvalue weighted by Crippen LogP contribution is -2.12. The molecule has 0 unspecified atom stereocenters. The van der Waals surface area contributed by atoms with Crippen LogP contribution in [0.1, 0.15) is 15.9 Å². The molecule has 2 rings (SSSR count). The van der Waals surface area contributed by atoms with E-state index in [2.05, 4.69) is 0 Å². The van der Waals surface area contributed by atoms with Crippen LogP contribution in [-0.4, -0.2) is 17.3 Å². The first-order chi connectivity index (χ1) is 9.99. The number of Topliss-reactive ketones (excluding diaryl/α,β-unsaturated/α-hetero) is 1. The van der Waals surface area contributed by atoms with Gasteiger partial charge in [0.25, 0.3) is 5.69 Å².